The van der Waals surface area contributed by atoms with E-state index < -0.39 is 0 Å². The summed E-state index contributed by atoms with van der Waals surface area (Å²) in [6.45, 7) is 0. The number of H-pyrrole nitrogens is 1. The summed E-state index contributed by atoms with van der Waals surface area (Å²) in [6.07, 6.45) is 1.75. The molecule has 0 spiro atoms. The van der Waals surface area contributed by atoms with Gasteiger partial charge in [-0.15, -0.1) is 0 Å². The second-order valence-corrected chi connectivity index (χ2v) is 4.96. The van der Waals surface area contributed by atoms with E-state index in [1.807, 2.05) is 42.5 Å². The lowest BCUT2D eigenvalue weighted by Crippen LogP contribution is -1.95. The molecule has 2 aromatic carbocycles. The highest BCUT2D eigenvalue weighted by Crippen LogP contribution is 2.20. The molecule has 0 unspecified atom stereocenters. The molecule has 3 nitrogen and oxygen atoms in total. The number of rotatable bonds is 3. The molecule has 3 N–H and O–H groups in total. The van der Waals surface area contributed by atoms with E-state index in [0.717, 1.165) is 29.7 Å². The van der Waals surface area contributed by atoms with Crippen LogP contribution < -0.4 is 5.73 Å². The van der Waals surface area contributed by atoms with Gasteiger partial charge in [0.25, 0.3) is 0 Å². The molecule has 19 heavy (non-hydrogen) atoms. The van der Waals surface area contributed by atoms with E-state index in [1.165, 1.54) is 5.56 Å². The van der Waals surface area contributed by atoms with E-state index in [0.29, 0.717) is 10.7 Å². The van der Waals surface area contributed by atoms with Crippen LogP contribution in [0.2, 0.25) is 5.02 Å². The number of imidazole rings is 1. The third-order valence-electron chi connectivity index (χ3n) is 3.15. The molecule has 3 aromatic rings. The molecule has 1 aromatic heterocycles. The zero-order chi connectivity index (χ0) is 13.2. The lowest BCUT2D eigenvalue weighted by molar-refractivity contribution is 0.890. The van der Waals surface area contributed by atoms with Gasteiger partial charge in [0.15, 0.2) is 0 Å². The second-order valence-electron chi connectivity index (χ2n) is 4.56. The summed E-state index contributed by atoms with van der Waals surface area (Å²) in [5.41, 5.74) is 9.68. The highest BCUT2D eigenvalue weighted by atomic mass is 35.5. The molecule has 0 amide bonds. The van der Waals surface area contributed by atoms with Gasteiger partial charge in [-0.1, -0.05) is 29.8 Å². The average molecular weight is 272 g/mol. The number of hydrogen-bond acceptors (Lipinski definition) is 2. The van der Waals surface area contributed by atoms with Crippen molar-refractivity contribution in [1.82, 2.24) is 9.97 Å². The topological polar surface area (TPSA) is 54.7 Å². The van der Waals surface area contributed by atoms with Crippen molar-refractivity contribution in [2.24, 2.45) is 0 Å². The quantitative estimate of drug-likeness (QED) is 0.716. The lowest BCUT2D eigenvalue weighted by Gasteiger charge is -2.02. The van der Waals surface area contributed by atoms with Crippen molar-refractivity contribution in [2.45, 2.75) is 12.8 Å². The number of nitrogens with zero attached hydrogens (tertiary/aromatic N) is 1. The Bertz CT molecular complexity index is 685. The Hall–Kier alpha value is -2.00. The van der Waals surface area contributed by atoms with Gasteiger partial charge in [0.2, 0.25) is 0 Å². The molecule has 0 saturated heterocycles. The number of nitrogens with one attached hydrogen (secondary N) is 1. The summed E-state index contributed by atoms with van der Waals surface area (Å²) in [4.78, 5) is 7.88. The first-order chi connectivity index (χ1) is 9.22. The first-order valence-corrected chi connectivity index (χ1v) is 6.58. The van der Waals surface area contributed by atoms with Gasteiger partial charge in [0.05, 0.1) is 21.7 Å². The van der Waals surface area contributed by atoms with Gasteiger partial charge < -0.3 is 10.7 Å². The molecular weight excluding hydrogens is 258 g/mol. The van der Waals surface area contributed by atoms with Crippen LogP contribution in [0.4, 0.5) is 5.69 Å². The van der Waals surface area contributed by atoms with E-state index >= 15 is 0 Å². The predicted octanol–water partition coefficient (Wildman–Crippen LogP) is 3.58. The van der Waals surface area contributed by atoms with Crippen molar-refractivity contribution < 1.29 is 0 Å². The third kappa shape index (κ3) is 2.56. The number of anilines is 1. The van der Waals surface area contributed by atoms with Crippen LogP contribution in [0.1, 0.15) is 11.4 Å². The summed E-state index contributed by atoms with van der Waals surface area (Å²) in [7, 11) is 0. The Morgan fingerprint density at radius 3 is 2.74 bits per heavy atom. The first-order valence-electron chi connectivity index (χ1n) is 6.20. The number of aromatic nitrogens is 2. The van der Waals surface area contributed by atoms with Crippen LogP contribution in [0.3, 0.4) is 0 Å². The van der Waals surface area contributed by atoms with Crippen LogP contribution >= 0.6 is 11.6 Å². The maximum absolute atomic E-state index is 5.91. The zero-order valence-corrected chi connectivity index (χ0v) is 11.1. The van der Waals surface area contributed by atoms with Crippen LogP contribution in [0, 0.1) is 0 Å². The molecule has 0 fully saturated rings. The second kappa shape index (κ2) is 4.94. The standard InChI is InChI=1S/C15H14ClN3/c16-11-7-5-10(9-12(11)17)6-8-15-18-13-3-1-2-4-14(13)19-15/h1-5,7,9H,6,8,17H2,(H,18,19). The Morgan fingerprint density at radius 1 is 1.11 bits per heavy atom. The van der Waals surface area contributed by atoms with E-state index in [1.54, 1.807) is 0 Å². The first kappa shape index (κ1) is 12.1. The number of fused-ring (bicyclic) bond motifs is 1. The number of hydrogen-bond donors (Lipinski definition) is 2. The molecular formula is C15H14ClN3. The Balaban J connectivity index is 1.76. The zero-order valence-electron chi connectivity index (χ0n) is 10.4. The summed E-state index contributed by atoms with van der Waals surface area (Å²) in [6, 6.07) is 13.8. The van der Waals surface area contributed by atoms with E-state index in [2.05, 4.69) is 9.97 Å². The largest absolute Gasteiger partial charge is 0.398 e. The van der Waals surface area contributed by atoms with Gasteiger partial charge in [-0.3, -0.25) is 0 Å². The lowest BCUT2D eigenvalue weighted by atomic mass is 10.1. The van der Waals surface area contributed by atoms with E-state index in [4.69, 9.17) is 17.3 Å². The van der Waals surface area contributed by atoms with Crippen molar-refractivity contribution in [3.05, 3.63) is 58.9 Å². The van der Waals surface area contributed by atoms with Crippen molar-refractivity contribution in [1.29, 1.82) is 0 Å². The van der Waals surface area contributed by atoms with Gasteiger partial charge >= 0.3 is 0 Å². The SMILES string of the molecule is Nc1cc(CCc2nc3ccccc3[nH]2)ccc1Cl. The smallest absolute Gasteiger partial charge is 0.107 e. The van der Waals surface area contributed by atoms with Gasteiger partial charge in [-0.2, -0.15) is 0 Å². The molecule has 4 heteroatoms. The predicted molar refractivity (Wildman–Crippen MR) is 79.4 cm³/mol. The van der Waals surface area contributed by atoms with Crippen molar-refractivity contribution in [2.75, 3.05) is 5.73 Å². The highest BCUT2D eigenvalue weighted by molar-refractivity contribution is 6.33. The number of aromatic amines is 1. The third-order valence-corrected chi connectivity index (χ3v) is 3.49. The molecule has 0 aliphatic carbocycles. The molecule has 0 radical (unpaired) electrons. The molecule has 0 saturated carbocycles. The fourth-order valence-corrected chi connectivity index (χ4v) is 2.25. The Labute approximate surface area is 116 Å². The molecule has 0 bridgehead atoms. The summed E-state index contributed by atoms with van der Waals surface area (Å²) in [5, 5.41) is 0.604. The van der Waals surface area contributed by atoms with Crippen molar-refractivity contribution >= 4 is 28.3 Å². The molecule has 0 aliphatic rings. The number of halogens is 1. The molecule has 3 rings (SSSR count). The van der Waals surface area contributed by atoms with Crippen LogP contribution in [-0.2, 0) is 12.8 Å². The molecule has 96 valence electrons. The summed E-state index contributed by atoms with van der Waals surface area (Å²) in [5.74, 6) is 0.995. The van der Waals surface area contributed by atoms with E-state index in [9.17, 15) is 0 Å². The minimum absolute atomic E-state index is 0.604. The molecule has 0 aliphatic heterocycles. The average Bonchev–Trinajstić information content (AvgIpc) is 2.83. The van der Waals surface area contributed by atoms with Gasteiger partial charge in [-0.05, 0) is 36.2 Å². The van der Waals surface area contributed by atoms with Gasteiger partial charge in [0, 0.05) is 6.42 Å². The number of nitrogens with two attached hydrogens (primary N) is 1. The minimum Gasteiger partial charge on any atom is -0.398 e. The van der Waals surface area contributed by atoms with Crippen LogP contribution in [0.15, 0.2) is 42.5 Å². The summed E-state index contributed by atoms with van der Waals surface area (Å²) < 4.78 is 0. The Kier molecular flexibility index (Phi) is 3.13. The fourth-order valence-electron chi connectivity index (χ4n) is 2.14. The monoisotopic (exact) mass is 271 g/mol. The number of benzene rings is 2. The number of nitrogen functional groups attached to an aromatic ring is 1. The van der Waals surface area contributed by atoms with Crippen LogP contribution in [0.5, 0.6) is 0 Å². The Morgan fingerprint density at radius 2 is 1.95 bits per heavy atom. The highest BCUT2D eigenvalue weighted by Gasteiger charge is 2.03. The van der Waals surface area contributed by atoms with Gasteiger partial charge in [0.1, 0.15) is 5.82 Å². The van der Waals surface area contributed by atoms with Crippen LogP contribution in [-0.4, -0.2) is 9.97 Å². The number of para-hydroxylation sites is 2. The maximum atomic E-state index is 5.91. The maximum Gasteiger partial charge on any atom is 0.107 e. The van der Waals surface area contributed by atoms with Crippen molar-refractivity contribution in [3.8, 4) is 0 Å². The summed E-state index contributed by atoms with van der Waals surface area (Å²) >= 11 is 5.91. The van der Waals surface area contributed by atoms with Crippen molar-refractivity contribution in [3.63, 3.8) is 0 Å². The normalized spacial score (nSPS) is 11.0. The minimum atomic E-state index is 0.604. The van der Waals surface area contributed by atoms with Crippen LogP contribution in [0.25, 0.3) is 11.0 Å². The van der Waals surface area contributed by atoms with Gasteiger partial charge in [-0.25, -0.2) is 4.98 Å². The number of aryl methyl sites for hydroxylation is 2. The molecule has 1 heterocycles. The van der Waals surface area contributed by atoms with E-state index in [-0.39, 0.29) is 0 Å². The molecule has 0 atom stereocenters. The fraction of sp³-hybridized carbons (Fsp3) is 0.133.